The molecule has 1 rings (SSSR count). The van der Waals surface area contributed by atoms with E-state index in [4.69, 9.17) is 0 Å². The van der Waals surface area contributed by atoms with Crippen LogP contribution in [0.2, 0.25) is 0 Å². The van der Waals surface area contributed by atoms with Gasteiger partial charge in [0, 0.05) is 6.54 Å². The Bertz CT molecular complexity index is 385. The molecule has 0 N–H and O–H groups in total. The fraction of sp³-hybridized carbons (Fsp3) is 0.500. The van der Waals surface area contributed by atoms with Gasteiger partial charge in [-0.2, -0.15) is 5.10 Å². The van der Waals surface area contributed by atoms with Crippen molar-refractivity contribution in [2.24, 2.45) is 0 Å². The molecule has 1 heterocycles. The Kier molecular flexibility index (Phi) is 3.37. The fourth-order valence-corrected chi connectivity index (χ4v) is 1.13. The van der Waals surface area contributed by atoms with E-state index in [-0.39, 0.29) is 11.4 Å². The molecule has 0 atom stereocenters. The number of hydrogen-bond acceptors (Lipinski definition) is 5. The van der Waals surface area contributed by atoms with Crippen LogP contribution in [0.25, 0.3) is 0 Å². The highest BCUT2D eigenvalue weighted by molar-refractivity contribution is 5.91. The van der Waals surface area contributed by atoms with Crippen LogP contribution >= 0.6 is 0 Å². The molecule has 0 radical (unpaired) electrons. The molecule has 0 spiro atoms. The van der Waals surface area contributed by atoms with E-state index in [0.717, 1.165) is 13.5 Å². The molecule has 1 aromatic heterocycles. The van der Waals surface area contributed by atoms with E-state index < -0.39 is 10.9 Å². The van der Waals surface area contributed by atoms with E-state index in [1.54, 1.807) is 0 Å². The average Bonchev–Trinajstić information content (AvgIpc) is 2.61. The van der Waals surface area contributed by atoms with Crippen molar-refractivity contribution in [3.05, 3.63) is 22.0 Å². The Morgan fingerprint density at radius 2 is 2.40 bits per heavy atom. The summed E-state index contributed by atoms with van der Waals surface area (Å²) in [5.41, 5.74) is -0.578. The van der Waals surface area contributed by atoms with Crippen molar-refractivity contribution in [2.45, 2.75) is 19.9 Å². The van der Waals surface area contributed by atoms with Gasteiger partial charge in [0.1, 0.15) is 6.20 Å². The quantitative estimate of drug-likeness (QED) is 0.422. The smallest absolute Gasteiger partial charge is 0.365 e. The number of ether oxygens (including phenoxy) is 1. The zero-order valence-electron chi connectivity index (χ0n) is 8.47. The van der Waals surface area contributed by atoms with Crippen LogP contribution in [0.5, 0.6) is 0 Å². The predicted octanol–water partition coefficient (Wildman–Crippen LogP) is 0.988. The van der Waals surface area contributed by atoms with Gasteiger partial charge in [-0.1, -0.05) is 6.92 Å². The van der Waals surface area contributed by atoms with Crippen LogP contribution in [0.1, 0.15) is 23.8 Å². The van der Waals surface area contributed by atoms with Crippen molar-refractivity contribution in [2.75, 3.05) is 7.11 Å². The normalized spacial score (nSPS) is 10.0. The number of aromatic nitrogens is 2. The minimum Gasteiger partial charge on any atom is -0.464 e. The van der Waals surface area contributed by atoms with Gasteiger partial charge in [-0.05, 0) is 6.42 Å². The molecule has 15 heavy (non-hydrogen) atoms. The molecule has 0 aliphatic heterocycles. The van der Waals surface area contributed by atoms with Crippen molar-refractivity contribution in [3.63, 3.8) is 0 Å². The summed E-state index contributed by atoms with van der Waals surface area (Å²) >= 11 is 0. The number of aryl methyl sites for hydroxylation is 1. The molecule has 0 amide bonds. The summed E-state index contributed by atoms with van der Waals surface area (Å²) in [5.74, 6) is -0.795. The van der Waals surface area contributed by atoms with Gasteiger partial charge in [-0.15, -0.1) is 0 Å². The standard InChI is InChI=1S/C8H11N3O4/c1-3-4-10-5-6(11(13)14)7(9-10)8(12)15-2/h5H,3-4H2,1-2H3. The third-order valence-corrected chi connectivity index (χ3v) is 1.77. The number of hydrogen-bond donors (Lipinski definition) is 0. The van der Waals surface area contributed by atoms with Crippen molar-refractivity contribution < 1.29 is 14.5 Å². The number of methoxy groups -OCH3 is 1. The maximum absolute atomic E-state index is 11.2. The first kappa shape index (κ1) is 11.2. The number of nitro groups is 1. The molecule has 0 aliphatic rings. The van der Waals surface area contributed by atoms with Crippen molar-refractivity contribution in [1.29, 1.82) is 0 Å². The molecule has 0 fully saturated rings. The number of rotatable bonds is 4. The molecule has 0 bridgehead atoms. The lowest BCUT2D eigenvalue weighted by Crippen LogP contribution is -2.06. The molecule has 0 saturated heterocycles. The Hall–Kier alpha value is -1.92. The van der Waals surface area contributed by atoms with Gasteiger partial charge in [0.2, 0.25) is 5.69 Å². The second-order valence-corrected chi connectivity index (χ2v) is 2.87. The van der Waals surface area contributed by atoms with E-state index in [1.807, 2.05) is 6.92 Å². The lowest BCUT2D eigenvalue weighted by atomic mass is 10.4. The van der Waals surface area contributed by atoms with E-state index in [9.17, 15) is 14.9 Å². The lowest BCUT2D eigenvalue weighted by Gasteiger charge is -1.94. The molecule has 0 saturated carbocycles. The van der Waals surface area contributed by atoms with Gasteiger partial charge in [0.05, 0.1) is 12.0 Å². The van der Waals surface area contributed by atoms with Crippen LogP contribution < -0.4 is 0 Å². The Morgan fingerprint density at radius 1 is 1.73 bits per heavy atom. The van der Waals surface area contributed by atoms with Gasteiger partial charge in [0.15, 0.2) is 0 Å². The van der Waals surface area contributed by atoms with E-state index in [0.29, 0.717) is 6.54 Å². The van der Waals surface area contributed by atoms with E-state index in [2.05, 4.69) is 9.84 Å². The minimum atomic E-state index is -0.795. The Labute approximate surface area is 85.8 Å². The molecular formula is C8H11N3O4. The second-order valence-electron chi connectivity index (χ2n) is 2.87. The lowest BCUT2D eigenvalue weighted by molar-refractivity contribution is -0.385. The highest BCUT2D eigenvalue weighted by Gasteiger charge is 2.25. The van der Waals surface area contributed by atoms with Crippen LogP contribution in [0, 0.1) is 10.1 Å². The molecule has 0 aromatic carbocycles. The zero-order valence-corrected chi connectivity index (χ0v) is 8.47. The predicted molar refractivity (Wildman–Crippen MR) is 50.5 cm³/mol. The summed E-state index contributed by atoms with van der Waals surface area (Å²) in [4.78, 5) is 21.1. The van der Waals surface area contributed by atoms with Crippen molar-refractivity contribution in [3.8, 4) is 0 Å². The second kappa shape index (κ2) is 4.54. The number of carbonyl (C=O) groups excluding carboxylic acids is 1. The third kappa shape index (κ3) is 2.30. The molecule has 82 valence electrons. The van der Waals surface area contributed by atoms with E-state index in [1.165, 1.54) is 10.9 Å². The van der Waals surface area contributed by atoms with Gasteiger partial charge in [-0.3, -0.25) is 14.8 Å². The van der Waals surface area contributed by atoms with E-state index >= 15 is 0 Å². The minimum absolute atomic E-state index is 0.254. The summed E-state index contributed by atoms with van der Waals surface area (Å²) in [7, 11) is 1.16. The van der Waals surface area contributed by atoms with Crippen LogP contribution in [0.3, 0.4) is 0 Å². The Balaban J connectivity index is 3.11. The number of nitrogens with zero attached hydrogens (tertiary/aromatic N) is 3. The molecule has 0 unspecified atom stereocenters. The summed E-state index contributed by atoms with van der Waals surface area (Å²) in [5, 5.41) is 14.4. The van der Waals surface area contributed by atoms with Crippen LogP contribution in [0.4, 0.5) is 5.69 Å². The summed E-state index contributed by atoms with van der Waals surface area (Å²) in [6.07, 6.45) is 2.01. The first-order valence-corrected chi connectivity index (χ1v) is 4.40. The van der Waals surface area contributed by atoms with Gasteiger partial charge in [0.25, 0.3) is 0 Å². The SMILES string of the molecule is CCCn1cc([N+](=O)[O-])c(C(=O)OC)n1. The number of carbonyl (C=O) groups is 1. The summed E-state index contributed by atoms with van der Waals surface area (Å²) in [6.45, 7) is 2.43. The van der Waals surface area contributed by atoms with Gasteiger partial charge >= 0.3 is 11.7 Å². The summed E-state index contributed by atoms with van der Waals surface area (Å²) < 4.78 is 5.76. The monoisotopic (exact) mass is 213 g/mol. The fourth-order valence-electron chi connectivity index (χ4n) is 1.13. The zero-order chi connectivity index (χ0) is 11.4. The average molecular weight is 213 g/mol. The first-order chi connectivity index (χ1) is 7.10. The van der Waals surface area contributed by atoms with Crippen molar-refractivity contribution >= 4 is 11.7 Å². The highest BCUT2D eigenvalue weighted by atomic mass is 16.6. The topological polar surface area (TPSA) is 87.3 Å². The molecule has 1 aromatic rings. The molecule has 7 nitrogen and oxygen atoms in total. The summed E-state index contributed by atoms with van der Waals surface area (Å²) in [6, 6.07) is 0. The third-order valence-electron chi connectivity index (χ3n) is 1.77. The van der Waals surface area contributed by atoms with Crippen LogP contribution in [-0.2, 0) is 11.3 Å². The maximum Gasteiger partial charge on any atom is 0.365 e. The maximum atomic E-state index is 11.2. The Morgan fingerprint density at radius 3 is 2.87 bits per heavy atom. The first-order valence-electron chi connectivity index (χ1n) is 4.40. The molecule has 7 heteroatoms. The van der Waals surface area contributed by atoms with Gasteiger partial charge in [-0.25, -0.2) is 4.79 Å². The van der Waals surface area contributed by atoms with Crippen molar-refractivity contribution in [1.82, 2.24) is 9.78 Å². The van der Waals surface area contributed by atoms with Crippen LogP contribution in [0.15, 0.2) is 6.20 Å². The molecule has 0 aliphatic carbocycles. The largest absolute Gasteiger partial charge is 0.464 e. The molecular weight excluding hydrogens is 202 g/mol. The van der Waals surface area contributed by atoms with Gasteiger partial charge < -0.3 is 4.74 Å². The van der Waals surface area contributed by atoms with Crippen LogP contribution in [-0.4, -0.2) is 27.8 Å². The number of esters is 1. The highest BCUT2D eigenvalue weighted by Crippen LogP contribution is 2.17.